The Balaban J connectivity index is 1.46. The van der Waals surface area contributed by atoms with Gasteiger partial charge in [0.25, 0.3) is 0 Å². The summed E-state index contributed by atoms with van der Waals surface area (Å²) < 4.78 is 17.9. The van der Waals surface area contributed by atoms with Gasteiger partial charge >= 0.3 is 0 Å². The molecular formula is C29H37ClN2O5. The molecule has 8 heteroatoms. The Bertz CT molecular complexity index is 1090. The first-order valence-corrected chi connectivity index (χ1v) is 13.5. The highest BCUT2D eigenvalue weighted by Gasteiger charge is 2.42. The van der Waals surface area contributed by atoms with E-state index < -0.39 is 5.60 Å². The number of piperidine rings is 1. The third-order valence-electron chi connectivity index (χ3n) is 7.22. The zero-order valence-electron chi connectivity index (χ0n) is 21.8. The highest BCUT2D eigenvalue weighted by Crippen LogP contribution is 2.28. The fourth-order valence-electron chi connectivity index (χ4n) is 5.06. The number of benzene rings is 2. The summed E-state index contributed by atoms with van der Waals surface area (Å²) in [5.74, 6) is 1.53. The fraction of sp³-hybridized carbons (Fsp3) is 0.517. The number of amides is 2. The maximum absolute atomic E-state index is 13.3. The van der Waals surface area contributed by atoms with Crippen LogP contribution >= 0.6 is 11.6 Å². The number of hydrogen-bond donors (Lipinski definition) is 0. The van der Waals surface area contributed by atoms with Gasteiger partial charge in [0.15, 0.2) is 0 Å². The van der Waals surface area contributed by atoms with Crippen LogP contribution in [0.3, 0.4) is 0 Å². The predicted molar refractivity (Wildman–Crippen MR) is 143 cm³/mol. The number of likely N-dealkylation sites (tertiary alicyclic amines) is 1. The van der Waals surface area contributed by atoms with Crippen molar-refractivity contribution in [2.75, 3.05) is 46.5 Å². The minimum absolute atomic E-state index is 0.0336. The van der Waals surface area contributed by atoms with Crippen molar-refractivity contribution in [3.05, 3.63) is 58.6 Å². The molecular weight excluding hydrogens is 492 g/mol. The van der Waals surface area contributed by atoms with Crippen molar-refractivity contribution in [2.45, 2.75) is 51.0 Å². The molecule has 4 rings (SSSR count). The lowest BCUT2D eigenvalue weighted by molar-refractivity contribution is -0.166. The number of para-hydroxylation sites is 1. The second-order valence-electron chi connectivity index (χ2n) is 9.98. The van der Waals surface area contributed by atoms with Crippen molar-refractivity contribution in [3.63, 3.8) is 0 Å². The summed E-state index contributed by atoms with van der Waals surface area (Å²) in [6, 6.07) is 13.2. The number of carbonyl (C=O) groups excluding carboxylic acids is 2. The third kappa shape index (κ3) is 7.17. The van der Waals surface area contributed by atoms with Gasteiger partial charge in [-0.15, -0.1) is 0 Å². The Morgan fingerprint density at radius 3 is 2.57 bits per heavy atom. The Morgan fingerprint density at radius 1 is 1.03 bits per heavy atom. The second-order valence-corrected chi connectivity index (χ2v) is 10.4. The van der Waals surface area contributed by atoms with E-state index in [1.165, 1.54) is 0 Å². The van der Waals surface area contributed by atoms with Gasteiger partial charge in [-0.25, -0.2) is 0 Å². The summed E-state index contributed by atoms with van der Waals surface area (Å²) >= 11 is 6.18. The molecule has 2 aromatic carbocycles. The van der Waals surface area contributed by atoms with Gasteiger partial charge in [0, 0.05) is 31.1 Å². The van der Waals surface area contributed by atoms with E-state index in [9.17, 15) is 9.59 Å². The van der Waals surface area contributed by atoms with Crippen LogP contribution in [0.4, 0.5) is 0 Å². The standard InChI is InChI=1S/C29H37ClN2O5/c1-22-18-24(11-12-25(22)30)36-21-29(19-28(34)31-14-6-3-7-15-31)20-32(16-17-37-29)27(33)13-10-23-8-4-5-9-26(23)35-2/h4-5,8-9,11-12,18H,3,6-7,10,13-17,19-21H2,1-2H3. The van der Waals surface area contributed by atoms with Gasteiger partial charge in [-0.1, -0.05) is 29.8 Å². The van der Waals surface area contributed by atoms with E-state index in [0.717, 1.165) is 49.2 Å². The Labute approximate surface area is 224 Å². The van der Waals surface area contributed by atoms with E-state index in [1.54, 1.807) is 13.2 Å². The summed E-state index contributed by atoms with van der Waals surface area (Å²) in [7, 11) is 1.64. The van der Waals surface area contributed by atoms with Crippen molar-refractivity contribution in [1.82, 2.24) is 9.80 Å². The van der Waals surface area contributed by atoms with Crippen LogP contribution in [-0.4, -0.2) is 73.7 Å². The Morgan fingerprint density at radius 2 is 1.81 bits per heavy atom. The molecule has 0 aliphatic carbocycles. The molecule has 2 saturated heterocycles. The minimum Gasteiger partial charge on any atom is -0.496 e. The quantitative estimate of drug-likeness (QED) is 0.473. The molecule has 2 amide bonds. The Hall–Kier alpha value is -2.77. The molecule has 7 nitrogen and oxygen atoms in total. The number of nitrogens with zero attached hydrogens (tertiary/aromatic N) is 2. The molecule has 0 aromatic heterocycles. The van der Waals surface area contributed by atoms with E-state index in [2.05, 4.69) is 0 Å². The average Bonchev–Trinajstić information content (AvgIpc) is 2.93. The highest BCUT2D eigenvalue weighted by atomic mass is 35.5. The number of hydrogen-bond acceptors (Lipinski definition) is 5. The zero-order valence-corrected chi connectivity index (χ0v) is 22.6. The van der Waals surface area contributed by atoms with Crippen LogP contribution < -0.4 is 9.47 Å². The molecule has 2 aliphatic rings. The first kappa shape index (κ1) is 27.3. The fourth-order valence-corrected chi connectivity index (χ4v) is 5.18. The lowest BCUT2D eigenvalue weighted by atomic mass is 9.95. The van der Waals surface area contributed by atoms with E-state index in [1.807, 2.05) is 53.1 Å². The number of halogens is 1. The zero-order chi connectivity index (χ0) is 26.3. The van der Waals surface area contributed by atoms with Crippen molar-refractivity contribution in [2.24, 2.45) is 0 Å². The lowest BCUT2D eigenvalue weighted by Crippen LogP contribution is -2.58. The van der Waals surface area contributed by atoms with Crippen LogP contribution in [0.5, 0.6) is 11.5 Å². The van der Waals surface area contributed by atoms with Gasteiger partial charge < -0.3 is 24.0 Å². The van der Waals surface area contributed by atoms with Gasteiger partial charge in [-0.3, -0.25) is 9.59 Å². The normalized spacial score (nSPS) is 20.0. The number of carbonyl (C=O) groups is 2. The van der Waals surface area contributed by atoms with E-state index in [4.69, 9.17) is 25.8 Å². The van der Waals surface area contributed by atoms with Gasteiger partial charge in [0.05, 0.1) is 26.7 Å². The predicted octanol–water partition coefficient (Wildman–Crippen LogP) is 4.67. The first-order valence-electron chi connectivity index (χ1n) is 13.1. The van der Waals surface area contributed by atoms with Crippen molar-refractivity contribution in [1.29, 1.82) is 0 Å². The van der Waals surface area contributed by atoms with Crippen LogP contribution in [-0.2, 0) is 20.7 Å². The van der Waals surface area contributed by atoms with Crippen molar-refractivity contribution >= 4 is 23.4 Å². The SMILES string of the molecule is COc1ccccc1CCC(=O)N1CCOC(COc2ccc(Cl)c(C)c2)(CC(=O)N2CCCCC2)C1. The van der Waals surface area contributed by atoms with Gasteiger partial charge in [0.2, 0.25) is 11.8 Å². The number of methoxy groups -OCH3 is 1. The van der Waals surface area contributed by atoms with Crippen molar-refractivity contribution in [3.8, 4) is 11.5 Å². The number of morpholine rings is 1. The van der Waals surface area contributed by atoms with Crippen LogP contribution in [0.25, 0.3) is 0 Å². The molecule has 0 bridgehead atoms. The molecule has 0 N–H and O–H groups in total. The topological polar surface area (TPSA) is 68.3 Å². The largest absolute Gasteiger partial charge is 0.496 e. The van der Waals surface area contributed by atoms with E-state index in [-0.39, 0.29) is 24.8 Å². The molecule has 2 aliphatic heterocycles. The summed E-state index contributed by atoms with van der Waals surface area (Å²) in [6.45, 7) is 4.79. The molecule has 0 saturated carbocycles. The van der Waals surface area contributed by atoms with E-state index in [0.29, 0.717) is 43.3 Å². The molecule has 0 radical (unpaired) electrons. The van der Waals surface area contributed by atoms with Crippen LogP contribution in [0.15, 0.2) is 42.5 Å². The van der Waals surface area contributed by atoms with Gasteiger partial charge in [0.1, 0.15) is 23.7 Å². The molecule has 1 atom stereocenters. The molecule has 2 aromatic rings. The molecule has 2 fully saturated rings. The molecule has 2 heterocycles. The van der Waals surface area contributed by atoms with Gasteiger partial charge in [-0.05, 0) is 68.0 Å². The maximum Gasteiger partial charge on any atom is 0.225 e. The second kappa shape index (κ2) is 12.7. The molecule has 1 unspecified atom stereocenters. The third-order valence-corrected chi connectivity index (χ3v) is 7.64. The van der Waals surface area contributed by atoms with Crippen LogP contribution in [0, 0.1) is 6.92 Å². The average molecular weight is 529 g/mol. The van der Waals surface area contributed by atoms with Crippen molar-refractivity contribution < 1.29 is 23.8 Å². The van der Waals surface area contributed by atoms with E-state index >= 15 is 0 Å². The molecule has 0 spiro atoms. The maximum atomic E-state index is 13.3. The summed E-state index contributed by atoms with van der Waals surface area (Å²) in [4.78, 5) is 30.3. The van der Waals surface area contributed by atoms with Gasteiger partial charge in [-0.2, -0.15) is 0 Å². The lowest BCUT2D eigenvalue weighted by Gasteiger charge is -2.43. The number of ether oxygens (including phenoxy) is 3. The number of aryl methyl sites for hydroxylation is 2. The van der Waals surface area contributed by atoms with Crippen LogP contribution in [0.2, 0.25) is 5.02 Å². The summed E-state index contributed by atoms with van der Waals surface area (Å²) in [5.41, 5.74) is 0.996. The summed E-state index contributed by atoms with van der Waals surface area (Å²) in [5, 5.41) is 0.670. The number of rotatable bonds is 9. The monoisotopic (exact) mass is 528 g/mol. The molecule has 37 heavy (non-hydrogen) atoms. The summed E-state index contributed by atoms with van der Waals surface area (Å²) in [6.07, 6.45) is 4.31. The molecule has 200 valence electrons. The minimum atomic E-state index is -0.916. The first-order chi connectivity index (χ1) is 17.9. The van der Waals surface area contributed by atoms with Crippen LogP contribution in [0.1, 0.15) is 43.2 Å². The smallest absolute Gasteiger partial charge is 0.225 e. The Kier molecular flexibility index (Phi) is 9.33. The highest BCUT2D eigenvalue weighted by molar-refractivity contribution is 6.31.